The van der Waals surface area contributed by atoms with Crippen molar-refractivity contribution in [3.8, 4) is 22.3 Å². The zero-order valence-electron chi connectivity index (χ0n) is 43.2. The fourth-order valence-corrected chi connectivity index (χ4v) is 13.0. The lowest BCUT2D eigenvalue weighted by atomic mass is 9.93. The molecule has 4 heterocycles. The Morgan fingerprint density at radius 3 is 1.25 bits per heavy atom. The number of carbonyl (C=O) groups is 3. The molecule has 412 valence electrons. The molecule has 11 nitrogen and oxygen atoms in total. The maximum atomic E-state index is 14.0. The molecule has 2 N–H and O–H groups in total. The van der Waals surface area contributed by atoms with E-state index in [1.807, 2.05) is 95.9 Å². The Bertz CT molecular complexity index is 3700. The SMILES string of the molecule is O=C(c1cc(-c2ccccc2Cl)c2c(c1)N(c1c(Cl)cccc1Cl)C(=O)NC2)N1CCN(c2ccccc2Cl)CC1.O=C1NCc2c(-c3ccccc3Cl)cc(CN3CCN(c4ccccc4Cl)CC3)cc2N1c1c(Cl)cccc1Cl. The largest absolute Gasteiger partial charge is 0.368 e. The number of hydrogen-bond acceptors (Lipinski definition) is 6. The highest BCUT2D eigenvalue weighted by Gasteiger charge is 2.35. The molecule has 0 radical (unpaired) electrons. The first-order valence-corrected chi connectivity index (χ1v) is 29.1. The van der Waals surface area contributed by atoms with Gasteiger partial charge in [-0.25, -0.2) is 9.59 Å². The molecule has 2 fully saturated rings. The van der Waals surface area contributed by atoms with Gasteiger partial charge in [-0.1, -0.05) is 166 Å². The van der Waals surface area contributed by atoms with Crippen molar-refractivity contribution in [2.45, 2.75) is 19.6 Å². The van der Waals surface area contributed by atoms with E-state index in [1.165, 1.54) is 4.90 Å². The summed E-state index contributed by atoms with van der Waals surface area (Å²) in [4.78, 5) is 52.4. The second-order valence-corrected chi connectivity index (χ2v) is 23.0. The zero-order valence-corrected chi connectivity index (χ0v) is 49.3. The Hall–Kier alpha value is -6.35. The number of anilines is 6. The molecule has 0 spiro atoms. The molecule has 0 unspecified atom stereocenters. The number of carbonyl (C=O) groups excluding carboxylic acids is 3. The normalized spacial score (nSPS) is 15.3. The lowest BCUT2D eigenvalue weighted by molar-refractivity contribution is 0.0746. The summed E-state index contributed by atoms with van der Waals surface area (Å²) in [5.41, 5.74) is 10.8. The van der Waals surface area contributed by atoms with Crippen LogP contribution >= 0.6 is 92.8 Å². The standard InChI is InChI=1S/C31H24Cl4N4O2.C31H26Cl4N4O/c32-23-7-2-1-6-20(23)21-16-19(30(40)38-14-12-37(13-15-38)27-11-4-3-8-24(27)33)17-28-22(21)18-36-31(41)39(28)29-25(34)9-5-10-26(29)35;32-24-7-2-1-6-21(24)22-16-20(19-37-12-14-38(15-13-37)28-11-4-3-8-25(28)33)17-29-23(22)18-36-31(40)39(29)30-26(34)9-5-10-27(30)35/h1-11,16-17H,12-15,18H2,(H,36,41);1-11,16-17H,12-15,18-19H2,(H,36,40). The summed E-state index contributed by atoms with van der Waals surface area (Å²) in [6, 6.07) is 48.4. The molecule has 8 aromatic rings. The van der Waals surface area contributed by atoms with Gasteiger partial charge in [0, 0.05) is 110 Å². The van der Waals surface area contributed by atoms with Gasteiger partial charge in [0.25, 0.3) is 5.91 Å². The van der Waals surface area contributed by atoms with Crippen molar-refractivity contribution in [3.63, 3.8) is 0 Å². The minimum Gasteiger partial charge on any atom is -0.368 e. The van der Waals surface area contributed by atoms with Crippen molar-refractivity contribution < 1.29 is 14.4 Å². The molecule has 0 aromatic heterocycles. The number of piperazine rings is 2. The number of amides is 5. The summed E-state index contributed by atoms with van der Waals surface area (Å²) in [6.45, 7) is 7.14. The Labute approximate surface area is 509 Å². The minimum absolute atomic E-state index is 0.143. The molecular formula is C62H50Cl8N8O3. The smallest absolute Gasteiger partial charge is 0.326 e. The van der Waals surface area contributed by atoms with E-state index in [9.17, 15) is 14.4 Å². The van der Waals surface area contributed by atoms with Crippen LogP contribution in [0.5, 0.6) is 0 Å². The van der Waals surface area contributed by atoms with Gasteiger partial charge in [0.1, 0.15) is 0 Å². The van der Waals surface area contributed by atoms with Crippen LogP contribution in [0, 0.1) is 0 Å². The quantitative estimate of drug-likeness (QED) is 0.150. The summed E-state index contributed by atoms with van der Waals surface area (Å²) in [5.74, 6) is -0.143. The Kier molecular flexibility index (Phi) is 17.2. The number of benzene rings is 8. The number of para-hydroxylation sites is 4. The molecule has 5 amide bonds. The van der Waals surface area contributed by atoms with E-state index in [1.54, 1.807) is 53.4 Å². The van der Waals surface area contributed by atoms with Gasteiger partial charge in [0.05, 0.1) is 64.3 Å². The zero-order chi connectivity index (χ0) is 56.5. The number of halogens is 8. The first-order valence-electron chi connectivity index (χ1n) is 26.1. The van der Waals surface area contributed by atoms with Gasteiger partial charge < -0.3 is 25.3 Å². The lowest BCUT2D eigenvalue weighted by Crippen LogP contribution is -2.49. The third kappa shape index (κ3) is 11.7. The first kappa shape index (κ1) is 56.5. The van der Waals surface area contributed by atoms with E-state index < -0.39 is 6.03 Å². The third-order valence-corrected chi connectivity index (χ3v) is 17.4. The fourth-order valence-electron chi connectivity index (χ4n) is 10.9. The van der Waals surface area contributed by atoms with Crippen molar-refractivity contribution in [2.75, 3.05) is 72.0 Å². The average molecular weight is 1240 g/mol. The second-order valence-electron chi connectivity index (χ2n) is 19.7. The molecule has 0 atom stereocenters. The first-order chi connectivity index (χ1) is 39.2. The third-order valence-electron chi connectivity index (χ3n) is 14.9. The van der Waals surface area contributed by atoms with Gasteiger partial charge in [-0.2, -0.15) is 0 Å². The Morgan fingerprint density at radius 1 is 0.395 bits per heavy atom. The number of fused-ring (bicyclic) bond motifs is 2. The van der Waals surface area contributed by atoms with Crippen LogP contribution in [0.25, 0.3) is 22.3 Å². The number of nitrogens with zero attached hydrogens (tertiary/aromatic N) is 6. The summed E-state index contributed by atoms with van der Waals surface area (Å²) in [5, 5.41) is 9.98. The van der Waals surface area contributed by atoms with Crippen LogP contribution in [0.4, 0.5) is 43.7 Å². The molecule has 0 aliphatic carbocycles. The predicted octanol–water partition coefficient (Wildman–Crippen LogP) is 16.9. The average Bonchev–Trinajstić information content (AvgIpc) is 3.50. The van der Waals surface area contributed by atoms with E-state index in [0.29, 0.717) is 97.1 Å². The minimum atomic E-state index is -0.393. The van der Waals surface area contributed by atoms with Crippen LogP contribution < -0.4 is 30.2 Å². The molecule has 4 aliphatic rings. The molecular weight excluding hydrogens is 1190 g/mol. The highest BCUT2D eigenvalue weighted by molar-refractivity contribution is 6.41. The molecule has 0 saturated carbocycles. The van der Waals surface area contributed by atoms with E-state index in [0.717, 1.165) is 87.2 Å². The maximum Gasteiger partial charge on any atom is 0.326 e. The van der Waals surface area contributed by atoms with Crippen LogP contribution in [-0.4, -0.2) is 80.1 Å². The Balaban J connectivity index is 0.000000170. The number of nitrogens with one attached hydrogen (secondary N) is 2. The topological polar surface area (TPSA) is 94.7 Å². The number of urea groups is 2. The molecule has 12 rings (SSSR count). The molecule has 19 heteroatoms. The summed E-state index contributed by atoms with van der Waals surface area (Å²) < 4.78 is 0. The van der Waals surface area contributed by atoms with Crippen molar-refractivity contribution in [1.82, 2.24) is 20.4 Å². The van der Waals surface area contributed by atoms with Crippen LogP contribution in [0.15, 0.2) is 158 Å². The number of hydrogen-bond donors (Lipinski definition) is 2. The van der Waals surface area contributed by atoms with Crippen LogP contribution in [0.2, 0.25) is 40.2 Å². The second kappa shape index (κ2) is 24.6. The van der Waals surface area contributed by atoms with Crippen molar-refractivity contribution in [1.29, 1.82) is 0 Å². The maximum absolute atomic E-state index is 14.0. The van der Waals surface area contributed by atoms with Crippen LogP contribution in [0.3, 0.4) is 0 Å². The van der Waals surface area contributed by atoms with Gasteiger partial charge in [0.15, 0.2) is 0 Å². The highest BCUT2D eigenvalue weighted by Crippen LogP contribution is 2.47. The van der Waals surface area contributed by atoms with E-state index in [2.05, 4.69) is 43.5 Å². The van der Waals surface area contributed by atoms with Gasteiger partial charge in [-0.3, -0.25) is 19.5 Å². The van der Waals surface area contributed by atoms with E-state index in [-0.39, 0.29) is 18.5 Å². The van der Waals surface area contributed by atoms with Gasteiger partial charge in [-0.05, 0) is 102 Å². The predicted molar refractivity (Wildman–Crippen MR) is 334 cm³/mol. The Morgan fingerprint density at radius 2 is 0.790 bits per heavy atom. The summed E-state index contributed by atoms with van der Waals surface area (Å²) in [7, 11) is 0. The van der Waals surface area contributed by atoms with Crippen molar-refractivity contribution >= 4 is 145 Å². The molecule has 8 aromatic carbocycles. The van der Waals surface area contributed by atoms with E-state index in [4.69, 9.17) is 92.8 Å². The highest BCUT2D eigenvalue weighted by atomic mass is 35.5. The van der Waals surface area contributed by atoms with Crippen LogP contribution in [0.1, 0.15) is 27.0 Å². The molecule has 4 aliphatic heterocycles. The molecule has 0 bridgehead atoms. The van der Waals surface area contributed by atoms with Gasteiger partial charge in [-0.15, -0.1) is 0 Å². The molecule has 81 heavy (non-hydrogen) atoms. The summed E-state index contributed by atoms with van der Waals surface area (Å²) >= 11 is 52.5. The fraction of sp³-hybridized carbons (Fsp3) is 0.177. The van der Waals surface area contributed by atoms with Gasteiger partial charge in [0.2, 0.25) is 0 Å². The molecule has 2 saturated heterocycles. The lowest BCUT2D eigenvalue weighted by Gasteiger charge is -2.37. The monoisotopic (exact) mass is 1230 g/mol. The summed E-state index contributed by atoms with van der Waals surface area (Å²) in [6.07, 6.45) is 0. The van der Waals surface area contributed by atoms with Crippen molar-refractivity contribution in [3.05, 3.63) is 220 Å². The van der Waals surface area contributed by atoms with Gasteiger partial charge >= 0.3 is 12.1 Å². The van der Waals surface area contributed by atoms with Crippen molar-refractivity contribution in [2.24, 2.45) is 0 Å². The van der Waals surface area contributed by atoms with Crippen LogP contribution in [-0.2, 0) is 19.6 Å². The number of rotatable bonds is 9. The van der Waals surface area contributed by atoms with E-state index >= 15 is 0 Å².